The summed E-state index contributed by atoms with van der Waals surface area (Å²) in [6.45, 7) is 8.75. The van der Waals surface area contributed by atoms with Crippen LogP contribution < -0.4 is 0 Å². The summed E-state index contributed by atoms with van der Waals surface area (Å²) in [5.41, 5.74) is 0.500. The van der Waals surface area contributed by atoms with Gasteiger partial charge in [0, 0.05) is 0 Å². The first-order chi connectivity index (χ1) is 5.00. The van der Waals surface area contributed by atoms with E-state index in [1.165, 1.54) is 0 Å². The van der Waals surface area contributed by atoms with Crippen LogP contribution in [0.25, 0.3) is 0 Å². The zero-order chi connectivity index (χ0) is 8.74. The molecule has 0 amide bonds. The molecule has 12 heavy (non-hydrogen) atoms. The van der Waals surface area contributed by atoms with Gasteiger partial charge in [0.25, 0.3) is 0 Å². The van der Waals surface area contributed by atoms with Crippen LogP contribution >= 0.6 is 0 Å². The van der Waals surface area contributed by atoms with Crippen LogP contribution in [0.2, 0.25) is 0 Å². The van der Waals surface area contributed by atoms with Gasteiger partial charge in [-0.1, -0.05) is 71.5 Å². The van der Waals surface area contributed by atoms with Crippen molar-refractivity contribution in [1.82, 2.24) is 0 Å². The summed E-state index contributed by atoms with van der Waals surface area (Å²) in [4.78, 5) is 0. The van der Waals surface area contributed by atoms with Crippen molar-refractivity contribution in [3.05, 3.63) is 36.4 Å². The maximum atomic E-state index is 2.19. The van der Waals surface area contributed by atoms with E-state index in [-0.39, 0.29) is 7.43 Å². The minimum absolute atomic E-state index is 0. The van der Waals surface area contributed by atoms with Crippen LogP contribution in [0.3, 0.4) is 0 Å². The van der Waals surface area contributed by atoms with Gasteiger partial charge in [-0.2, -0.15) is 0 Å². The molecule has 0 atom stereocenters. The lowest BCUT2D eigenvalue weighted by Gasteiger charge is -2.05. The van der Waals surface area contributed by atoms with Gasteiger partial charge in [0.2, 0.25) is 0 Å². The zero-order valence-corrected chi connectivity index (χ0v) is 7.96. The lowest BCUT2D eigenvalue weighted by molar-refractivity contribution is 0.469. The number of rotatable bonds is 0. The normalized spacial score (nSPS) is 9.00. The van der Waals surface area contributed by atoms with Crippen LogP contribution in [-0.4, -0.2) is 0 Å². The largest absolute Gasteiger partial charge is 0.0776 e. The summed E-state index contributed by atoms with van der Waals surface area (Å²) in [6, 6.07) is 12.0. The Hall–Kier alpha value is -0.780. The molecule has 0 heterocycles. The van der Waals surface area contributed by atoms with Crippen molar-refractivity contribution >= 4 is 0 Å². The predicted molar refractivity (Wildman–Crippen MR) is 58.3 cm³/mol. The Morgan fingerprint density at radius 2 is 0.667 bits per heavy atom. The van der Waals surface area contributed by atoms with E-state index in [0.29, 0.717) is 5.41 Å². The molecular weight excluding hydrogens is 144 g/mol. The molecule has 0 saturated carbocycles. The van der Waals surface area contributed by atoms with Gasteiger partial charge in [0.05, 0.1) is 0 Å². The molecule has 0 aliphatic heterocycles. The lowest BCUT2D eigenvalue weighted by Crippen LogP contribution is -1.93. The molecule has 0 spiro atoms. The van der Waals surface area contributed by atoms with Gasteiger partial charge in [-0.25, -0.2) is 0 Å². The molecule has 0 nitrogen and oxygen atoms in total. The fourth-order valence-electron chi connectivity index (χ4n) is 0.385. The number of hydrogen-bond donors (Lipinski definition) is 0. The molecule has 0 aliphatic rings. The van der Waals surface area contributed by atoms with Crippen molar-refractivity contribution < 1.29 is 0 Å². The van der Waals surface area contributed by atoms with Crippen LogP contribution in [0.15, 0.2) is 36.4 Å². The van der Waals surface area contributed by atoms with E-state index in [1.807, 2.05) is 36.4 Å². The second kappa shape index (κ2) is 6.90. The minimum atomic E-state index is 0. The molecule has 0 fully saturated rings. The Kier molecular flexibility index (Phi) is 7.93. The summed E-state index contributed by atoms with van der Waals surface area (Å²) in [6.07, 6.45) is 0. The van der Waals surface area contributed by atoms with Gasteiger partial charge in [0.15, 0.2) is 0 Å². The molecule has 1 aromatic carbocycles. The summed E-state index contributed by atoms with van der Waals surface area (Å²) in [5.74, 6) is 0. The maximum absolute atomic E-state index is 2.19. The van der Waals surface area contributed by atoms with E-state index in [2.05, 4.69) is 27.7 Å². The third kappa shape index (κ3) is 22.9. The third-order valence-corrected chi connectivity index (χ3v) is 0.667. The maximum Gasteiger partial charge on any atom is -0.0411 e. The number of benzene rings is 1. The molecule has 0 bridgehead atoms. The average molecular weight is 166 g/mol. The van der Waals surface area contributed by atoms with E-state index in [1.54, 1.807) is 0 Å². The molecular formula is C12H22. The van der Waals surface area contributed by atoms with E-state index < -0.39 is 0 Å². The smallest absolute Gasteiger partial charge is 0.0411 e. The van der Waals surface area contributed by atoms with Gasteiger partial charge in [-0.3, -0.25) is 0 Å². The van der Waals surface area contributed by atoms with Crippen molar-refractivity contribution in [3.8, 4) is 0 Å². The summed E-state index contributed by atoms with van der Waals surface area (Å²) in [5, 5.41) is 0. The fraction of sp³-hybridized carbons (Fsp3) is 0.500. The lowest BCUT2D eigenvalue weighted by atomic mass is 10.0. The molecule has 0 heteroatoms. The summed E-state index contributed by atoms with van der Waals surface area (Å²) in [7, 11) is 0. The molecule has 1 rings (SSSR count). The fourth-order valence-corrected chi connectivity index (χ4v) is 0.385. The molecule has 0 unspecified atom stereocenters. The van der Waals surface area contributed by atoms with Gasteiger partial charge in [0.1, 0.15) is 0 Å². The predicted octanol–water partition coefficient (Wildman–Crippen LogP) is 4.38. The van der Waals surface area contributed by atoms with Crippen molar-refractivity contribution in [3.63, 3.8) is 0 Å². The Balaban J connectivity index is 0. The third-order valence-electron chi connectivity index (χ3n) is 0.667. The van der Waals surface area contributed by atoms with Gasteiger partial charge < -0.3 is 0 Å². The standard InChI is InChI=1S/C6H6.C5H12.CH4/c1-2-4-6-5-3-1;1-5(2,3)4;/h1-6H;1-4H3;1H4. The van der Waals surface area contributed by atoms with Crippen molar-refractivity contribution in [2.45, 2.75) is 35.1 Å². The highest BCUT2D eigenvalue weighted by molar-refractivity contribution is 4.99. The van der Waals surface area contributed by atoms with E-state index in [9.17, 15) is 0 Å². The van der Waals surface area contributed by atoms with Crippen LogP contribution in [-0.2, 0) is 0 Å². The Bertz CT molecular complexity index is 124. The van der Waals surface area contributed by atoms with Gasteiger partial charge >= 0.3 is 0 Å². The SMILES string of the molecule is C.CC(C)(C)C.c1ccccc1. The van der Waals surface area contributed by atoms with E-state index >= 15 is 0 Å². The highest BCUT2D eigenvalue weighted by Crippen LogP contribution is 2.08. The molecule has 0 N–H and O–H groups in total. The van der Waals surface area contributed by atoms with E-state index in [0.717, 1.165) is 0 Å². The Labute approximate surface area is 77.6 Å². The van der Waals surface area contributed by atoms with Crippen LogP contribution in [0, 0.1) is 5.41 Å². The molecule has 0 aromatic heterocycles. The first-order valence-corrected chi connectivity index (χ1v) is 4.00. The second-order valence-electron chi connectivity index (χ2n) is 4.15. The summed E-state index contributed by atoms with van der Waals surface area (Å²) >= 11 is 0. The minimum Gasteiger partial charge on any atom is -0.0776 e. The zero-order valence-electron chi connectivity index (χ0n) is 7.96. The Morgan fingerprint density at radius 3 is 0.750 bits per heavy atom. The first kappa shape index (κ1) is 13.8. The van der Waals surface area contributed by atoms with Crippen molar-refractivity contribution in [2.75, 3.05) is 0 Å². The number of hydrogen-bond acceptors (Lipinski definition) is 0. The molecule has 0 aliphatic carbocycles. The first-order valence-electron chi connectivity index (χ1n) is 4.00. The second-order valence-corrected chi connectivity index (χ2v) is 4.15. The molecule has 0 saturated heterocycles. The highest BCUT2D eigenvalue weighted by atomic mass is 14.0. The highest BCUT2D eigenvalue weighted by Gasteiger charge is 1.95. The van der Waals surface area contributed by atoms with Crippen LogP contribution in [0.1, 0.15) is 35.1 Å². The van der Waals surface area contributed by atoms with Crippen LogP contribution in [0.4, 0.5) is 0 Å². The average Bonchev–Trinajstić information content (AvgIpc) is 1.88. The van der Waals surface area contributed by atoms with Gasteiger partial charge in [-0.15, -0.1) is 0 Å². The molecule has 1 aromatic rings. The van der Waals surface area contributed by atoms with E-state index in [4.69, 9.17) is 0 Å². The monoisotopic (exact) mass is 166 g/mol. The topological polar surface area (TPSA) is 0 Å². The van der Waals surface area contributed by atoms with Crippen LogP contribution in [0.5, 0.6) is 0 Å². The Morgan fingerprint density at radius 1 is 0.583 bits per heavy atom. The summed E-state index contributed by atoms with van der Waals surface area (Å²) < 4.78 is 0. The van der Waals surface area contributed by atoms with Crippen molar-refractivity contribution in [2.24, 2.45) is 5.41 Å². The van der Waals surface area contributed by atoms with Crippen molar-refractivity contribution in [1.29, 1.82) is 0 Å². The molecule has 0 radical (unpaired) electrons. The quantitative estimate of drug-likeness (QED) is 0.536. The molecule has 70 valence electrons. The van der Waals surface area contributed by atoms with Gasteiger partial charge in [-0.05, 0) is 5.41 Å².